The summed E-state index contributed by atoms with van der Waals surface area (Å²) in [5.41, 5.74) is -5.45. The minimum Gasteiger partial charge on any atom is -0.465 e. The molecule has 10 heteroatoms. The first-order chi connectivity index (χ1) is 9.15. The Morgan fingerprint density at radius 1 is 1.45 bits per heavy atom. The maximum Gasteiger partial charge on any atom is 0.534 e. The highest BCUT2D eigenvalue weighted by molar-refractivity contribution is 7.87. The Morgan fingerprint density at radius 3 is 2.55 bits per heavy atom. The van der Waals surface area contributed by atoms with Gasteiger partial charge in [0.15, 0.2) is 0 Å². The van der Waals surface area contributed by atoms with E-state index in [4.69, 9.17) is 4.74 Å². The van der Waals surface area contributed by atoms with Gasteiger partial charge in [-0.2, -0.15) is 21.6 Å². The number of hydrogen-bond acceptors (Lipinski definition) is 6. The van der Waals surface area contributed by atoms with Crippen molar-refractivity contribution >= 4 is 16.1 Å². The van der Waals surface area contributed by atoms with Crippen molar-refractivity contribution in [1.29, 1.82) is 0 Å². The van der Waals surface area contributed by atoms with Gasteiger partial charge in [-0.1, -0.05) is 0 Å². The SMILES string of the molecule is CCOC(=O)CN1CC=C(OS(=O)(=O)C(F)(F)F)CC1. The number of hydrogen-bond donors (Lipinski definition) is 0. The highest BCUT2D eigenvalue weighted by atomic mass is 32.2. The Morgan fingerprint density at radius 2 is 2.10 bits per heavy atom. The molecule has 1 aliphatic rings. The fraction of sp³-hybridized carbons (Fsp3) is 0.700. The Bertz CT molecular complexity index is 486. The van der Waals surface area contributed by atoms with Gasteiger partial charge in [0.05, 0.1) is 13.2 Å². The van der Waals surface area contributed by atoms with Gasteiger partial charge in [-0.3, -0.25) is 9.69 Å². The van der Waals surface area contributed by atoms with E-state index < -0.39 is 21.6 Å². The van der Waals surface area contributed by atoms with Gasteiger partial charge in [-0.15, -0.1) is 0 Å². The standard InChI is InChI=1S/C10H14F3NO5S/c1-2-18-9(15)7-14-5-3-8(4-6-14)19-20(16,17)10(11,12)13/h3H,2,4-7H2,1H3. The van der Waals surface area contributed by atoms with Gasteiger partial charge < -0.3 is 8.92 Å². The number of carbonyl (C=O) groups is 1. The molecule has 0 aliphatic carbocycles. The van der Waals surface area contributed by atoms with E-state index in [1.165, 1.54) is 6.08 Å². The predicted molar refractivity (Wildman–Crippen MR) is 61.8 cm³/mol. The van der Waals surface area contributed by atoms with Crippen molar-refractivity contribution in [3.05, 3.63) is 11.8 Å². The van der Waals surface area contributed by atoms with E-state index in [1.54, 1.807) is 11.8 Å². The average Bonchev–Trinajstić information content (AvgIpc) is 2.30. The monoisotopic (exact) mass is 317 g/mol. The number of alkyl halides is 3. The predicted octanol–water partition coefficient (Wildman–Crippen LogP) is 1.01. The van der Waals surface area contributed by atoms with Crippen LogP contribution in [0, 0.1) is 0 Å². The average molecular weight is 317 g/mol. The van der Waals surface area contributed by atoms with Gasteiger partial charge in [0.2, 0.25) is 0 Å². The van der Waals surface area contributed by atoms with Crippen LogP contribution in [-0.4, -0.2) is 51.0 Å². The summed E-state index contributed by atoms with van der Waals surface area (Å²) in [5.74, 6) is -0.726. The van der Waals surface area contributed by atoms with E-state index in [0.717, 1.165) is 0 Å². The summed E-state index contributed by atoms with van der Waals surface area (Å²) in [4.78, 5) is 12.8. The number of halogens is 3. The molecule has 0 aromatic heterocycles. The molecule has 0 bridgehead atoms. The molecule has 0 saturated heterocycles. The Hall–Kier alpha value is -1.29. The zero-order valence-corrected chi connectivity index (χ0v) is 11.5. The summed E-state index contributed by atoms with van der Waals surface area (Å²) in [7, 11) is -5.62. The lowest BCUT2D eigenvalue weighted by atomic mass is 10.2. The summed E-state index contributed by atoms with van der Waals surface area (Å²) >= 11 is 0. The van der Waals surface area contributed by atoms with E-state index in [2.05, 4.69) is 4.18 Å². The van der Waals surface area contributed by atoms with Crippen molar-refractivity contribution in [2.45, 2.75) is 18.9 Å². The topological polar surface area (TPSA) is 72.9 Å². The molecular weight excluding hydrogens is 303 g/mol. The maximum absolute atomic E-state index is 12.1. The summed E-state index contributed by atoms with van der Waals surface area (Å²) in [6, 6.07) is 0. The lowest BCUT2D eigenvalue weighted by Crippen LogP contribution is -2.35. The fourth-order valence-electron chi connectivity index (χ4n) is 1.49. The van der Waals surface area contributed by atoms with Crippen molar-refractivity contribution in [2.24, 2.45) is 0 Å². The molecule has 6 nitrogen and oxygen atoms in total. The van der Waals surface area contributed by atoms with Crippen LogP contribution in [0.5, 0.6) is 0 Å². The normalized spacial score (nSPS) is 17.5. The third kappa shape index (κ3) is 4.67. The maximum atomic E-state index is 12.1. The molecule has 0 spiro atoms. The van der Waals surface area contributed by atoms with Gasteiger partial charge in [0.25, 0.3) is 0 Å². The molecule has 0 aromatic carbocycles. The summed E-state index contributed by atoms with van der Waals surface area (Å²) < 4.78 is 66.6. The molecule has 0 fully saturated rings. The first-order valence-corrected chi connectivity index (χ1v) is 7.14. The molecule has 0 saturated carbocycles. The molecule has 0 N–H and O–H groups in total. The van der Waals surface area contributed by atoms with Crippen LogP contribution >= 0.6 is 0 Å². The number of esters is 1. The lowest BCUT2D eigenvalue weighted by molar-refractivity contribution is -0.144. The molecule has 1 rings (SSSR count). The molecule has 1 heterocycles. The highest BCUT2D eigenvalue weighted by Gasteiger charge is 2.48. The first-order valence-electron chi connectivity index (χ1n) is 5.73. The number of rotatable bonds is 5. The van der Waals surface area contributed by atoms with E-state index >= 15 is 0 Å². The summed E-state index contributed by atoms with van der Waals surface area (Å²) in [5, 5.41) is 0. The highest BCUT2D eigenvalue weighted by Crippen LogP contribution is 2.28. The second kappa shape index (κ2) is 6.44. The molecule has 0 amide bonds. The van der Waals surface area contributed by atoms with Crippen molar-refractivity contribution in [3.8, 4) is 0 Å². The van der Waals surface area contributed by atoms with Crippen molar-refractivity contribution in [2.75, 3.05) is 26.2 Å². The van der Waals surface area contributed by atoms with Gasteiger partial charge in [0, 0.05) is 19.5 Å². The first kappa shape index (κ1) is 16.8. The minimum atomic E-state index is -5.62. The van der Waals surface area contributed by atoms with Crippen LogP contribution in [-0.2, 0) is 23.8 Å². The molecule has 116 valence electrons. The quantitative estimate of drug-likeness (QED) is 0.428. The smallest absolute Gasteiger partial charge is 0.465 e. The van der Waals surface area contributed by atoms with E-state index in [-0.39, 0.29) is 38.4 Å². The van der Waals surface area contributed by atoms with Gasteiger partial charge in [0.1, 0.15) is 5.76 Å². The number of carbonyl (C=O) groups excluding carboxylic acids is 1. The second-order valence-electron chi connectivity index (χ2n) is 3.94. The molecule has 0 aromatic rings. The lowest BCUT2D eigenvalue weighted by Gasteiger charge is -2.24. The Kier molecular flexibility index (Phi) is 5.40. The van der Waals surface area contributed by atoms with Crippen LogP contribution in [0.4, 0.5) is 13.2 Å². The van der Waals surface area contributed by atoms with Crippen LogP contribution < -0.4 is 0 Å². The third-order valence-corrected chi connectivity index (χ3v) is 3.41. The van der Waals surface area contributed by atoms with E-state index in [0.29, 0.717) is 0 Å². The van der Waals surface area contributed by atoms with Crippen LogP contribution in [0.15, 0.2) is 11.8 Å². The van der Waals surface area contributed by atoms with Crippen molar-refractivity contribution in [3.63, 3.8) is 0 Å². The minimum absolute atomic E-state index is 0.0103. The summed E-state index contributed by atoms with van der Waals surface area (Å²) in [6.45, 7) is 2.20. The van der Waals surface area contributed by atoms with Gasteiger partial charge in [-0.25, -0.2) is 0 Å². The van der Waals surface area contributed by atoms with Crippen LogP contribution in [0.2, 0.25) is 0 Å². The summed E-state index contributed by atoms with van der Waals surface area (Å²) in [6.07, 6.45) is 1.17. The van der Waals surface area contributed by atoms with Crippen molar-refractivity contribution < 1.29 is 35.3 Å². The van der Waals surface area contributed by atoms with E-state index in [1.807, 2.05) is 0 Å². The van der Waals surface area contributed by atoms with Crippen LogP contribution in [0.25, 0.3) is 0 Å². The second-order valence-corrected chi connectivity index (χ2v) is 5.48. The molecule has 0 radical (unpaired) electrons. The largest absolute Gasteiger partial charge is 0.534 e. The number of nitrogens with zero attached hydrogens (tertiary/aromatic N) is 1. The molecule has 1 aliphatic heterocycles. The van der Waals surface area contributed by atoms with Gasteiger partial charge >= 0.3 is 21.6 Å². The van der Waals surface area contributed by atoms with Crippen LogP contribution in [0.3, 0.4) is 0 Å². The zero-order chi connectivity index (χ0) is 15.4. The Balaban J connectivity index is 2.55. The molecule has 0 unspecified atom stereocenters. The number of ether oxygens (including phenoxy) is 1. The van der Waals surface area contributed by atoms with Crippen molar-refractivity contribution in [1.82, 2.24) is 4.90 Å². The molecular formula is C10H14F3NO5S. The molecule has 20 heavy (non-hydrogen) atoms. The van der Waals surface area contributed by atoms with Crippen LogP contribution in [0.1, 0.15) is 13.3 Å². The van der Waals surface area contributed by atoms with Gasteiger partial charge in [-0.05, 0) is 13.0 Å². The zero-order valence-electron chi connectivity index (χ0n) is 10.6. The third-order valence-electron chi connectivity index (χ3n) is 2.41. The molecule has 0 atom stereocenters. The fourth-order valence-corrected chi connectivity index (χ4v) is 2.02. The Labute approximate surface area is 114 Å². The van der Waals surface area contributed by atoms with E-state index in [9.17, 15) is 26.4 Å².